The van der Waals surface area contributed by atoms with Gasteiger partial charge in [0.15, 0.2) is 0 Å². The standard InChI is InChI=1S/C12H22N2O2S/c1-13-10-4-2-3-5-11(10)17(16)8-12(15)14-9-6-7-9/h9-11,13H,2-8H2,1H3,(H,14,15). The third-order valence-electron chi connectivity index (χ3n) is 3.63. The molecule has 3 atom stereocenters. The highest BCUT2D eigenvalue weighted by Gasteiger charge is 2.31. The molecular weight excluding hydrogens is 236 g/mol. The Kier molecular flexibility index (Phi) is 4.56. The van der Waals surface area contributed by atoms with Crippen LogP contribution in [0.15, 0.2) is 0 Å². The Balaban J connectivity index is 1.81. The van der Waals surface area contributed by atoms with Gasteiger partial charge in [0, 0.05) is 22.9 Å². The molecule has 17 heavy (non-hydrogen) atoms. The van der Waals surface area contributed by atoms with Crippen molar-refractivity contribution >= 4 is 16.7 Å². The summed E-state index contributed by atoms with van der Waals surface area (Å²) in [5, 5.41) is 6.29. The Morgan fingerprint density at radius 1 is 1.24 bits per heavy atom. The molecule has 2 N–H and O–H groups in total. The molecule has 1 amide bonds. The summed E-state index contributed by atoms with van der Waals surface area (Å²) < 4.78 is 12.2. The van der Waals surface area contributed by atoms with Crippen molar-refractivity contribution in [1.29, 1.82) is 0 Å². The molecule has 98 valence electrons. The second-order valence-electron chi connectivity index (χ2n) is 5.08. The Bertz CT molecular complexity index is 305. The highest BCUT2D eigenvalue weighted by Crippen LogP contribution is 2.23. The fraction of sp³-hybridized carbons (Fsp3) is 0.917. The highest BCUT2D eigenvalue weighted by atomic mass is 32.2. The summed E-state index contributed by atoms with van der Waals surface area (Å²) in [5.74, 6) is 0.144. The summed E-state index contributed by atoms with van der Waals surface area (Å²) in [7, 11) is 0.891. The number of amides is 1. The first kappa shape index (κ1) is 13.0. The molecule has 0 bridgehead atoms. The first-order valence-corrected chi connectivity index (χ1v) is 7.92. The SMILES string of the molecule is CNC1CCCCC1S(=O)CC(=O)NC1CC1. The lowest BCUT2D eigenvalue weighted by Gasteiger charge is -2.30. The molecule has 0 aromatic carbocycles. The van der Waals surface area contributed by atoms with Gasteiger partial charge in [-0.25, -0.2) is 0 Å². The van der Waals surface area contributed by atoms with E-state index >= 15 is 0 Å². The lowest BCUT2D eigenvalue weighted by Crippen LogP contribution is -2.45. The van der Waals surface area contributed by atoms with Gasteiger partial charge in [0.05, 0.1) is 5.25 Å². The predicted molar refractivity (Wildman–Crippen MR) is 69.3 cm³/mol. The third-order valence-corrected chi connectivity index (χ3v) is 5.41. The average molecular weight is 258 g/mol. The lowest BCUT2D eigenvalue weighted by molar-refractivity contribution is -0.118. The molecule has 4 nitrogen and oxygen atoms in total. The Morgan fingerprint density at radius 3 is 2.59 bits per heavy atom. The van der Waals surface area contributed by atoms with E-state index in [1.165, 1.54) is 6.42 Å². The van der Waals surface area contributed by atoms with Crippen molar-refractivity contribution in [1.82, 2.24) is 10.6 Å². The van der Waals surface area contributed by atoms with Gasteiger partial charge >= 0.3 is 0 Å². The first-order valence-electron chi connectivity index (χ1n) is 6.54. The molecular formula is C12H22N2O2S. The van der Waals surface area contributed by atoms with Crippen LogP contribution in [0.3, 0.4) is 0 Å². The molecule has 0 aromatic heterocycles. The molecule has 2 aliphatic carbocycles. The van der Waals surface area contributed by atoms with Crippen molar-refractivity contribution in [3.63, 3.8) is 0 Å². The van der Waals surface area contributed by atoms with Gasteiger partial charge in [-0.05, 0) is 32.7 Å². The summed E-state index contributed by atoms with van der Waals surface area (Å²) in [5.41, 5.74) is 0. The van der Waals surface area contributed by atoms with Crippen molar-refractivity contribution in [3.05, 3.63) is 0 Å². The zero-order chi connectivity index (χ0) is 12.3. The van der Waals surface area contributed by atoms with Crippen molar-refractivity contribution in [2.24, 2.45) is 0 Å². The molecule has 0 aromatic rings. The van der Waals surface area contributed by atoms with Crippen LogP contribution in [0.4, 0.5) is 0 Å². The quantitative estimate of drug-likeness (QED) is 0.757. The van der Waals surface area contributed by atoms with Gasteiger partial charge in [0.25, 0.3) is 0 Å². The van der Waals surface area contributed by atoms with Crippen LogP contribution in [0.25, 0.3) is 0 Å². The predicted octanol–water partition coefficient (Wildman–Crippen LogP) is 0.544. The van der Waals surface area contributed by atoms with Gasteiger partial charge in [-0.1, -0.05) is 12.8 Å². The van der Waals surface area contributed by atoms with Gasteiger partial charge in [0.1, 0.15) is 5.75 Å². The summed E-state index contributed by atoms with van der Waals surface area (Å²) in [6.45, 7) is 0. The van der Waals surface area contributed by atoms with E-state index in [4.69, 9.17) is 0 Å². The van der Waals surface area contributed by atoms with Crippen LogP contribution in [0.1, 0.15) is 38.5 Å². The summed E-state index contributed by atoms with van der Waals surface area (Å²) in [6.07, 6.45) is 6.57. The number of nitrogens with one attached hydrogen (secondary N) is 2. The topological polar surface area (TPSA) is 58.2 Å². The summed E-state index contributed by atoms with van der Waals surface area (Å²) in [4.78, 5) is 11.6. The molecule has 5 heteroatoms. The lowest BCUT2D eigenvalue weighted by atomic mass is 9.95. The van der Waals surface area contributed by atoms with E-state index in [-0.39, 0.29) is 16.9 Å². The minimum atomic E-state index is -1.03. The average Bonchev–Trinajstić information content (AvgIpc) is 3.12. The number of rotatable bonds is 5. The van der Waals surface area contributed by atoms with E-state index in [0.717, 1.165) is 32.1 Å². The number of hydrogen-bond acceptors (Lipinski definition) is 3. The molecule has 0 aliphatic heterocycles. The van der Waals surface area contributed by atoms with Gasteiger partial charge in [-0.15, -0.1) is 0 Å². The van der Waals surface area contributed by atoms with Crippen LogP contribution in [-0.4, -0.2) is 40.3 Å². The van der Waals surface area contributed by atoms with E-state index in [9.17, 15) is 9.00 Å². The zero-order valence-electron chi connectivity index (χ0n) is 10.4. The minimum Gasteiger partial charge on any atom is -0.353 e. The Morgan fingerprint density at radius 2 is 1.94 bits per heavy atom. The van der Waals surface area contributed by atoms with Gasteiger partial charge in [-0.3, -0.25) is 9.00 Å². The van der Waals surface area contributed by atoms with Crippen molar-refractivity contribution in [3.8, 4) is 0 Å². The Labute approximate surface area is 105 Å². The first-order chi connectivity index (χ1) is 8.20. The van der Waals surface area contributed by atoms with Crippen LogP contribution >= 0.6 is 0 Å². The van der Waals surface area contributed by atoms with Crippen LogP contribution in [0, 0.1) is 0 Å². The smallest absolute Gasteiger partial charge is 0.232 e. The highest BCUT2D eigenvalue weighted by molar-refractivity contribution is 7.86. The van der Waals surface area contributed by atoms with Crippen molar-refractivity contribution in [2.45, 2.75) is 55.9 Å². The van der Waals surface area contributed by atoms with E-state index in [1.54, 1.807) is 0 Å². The van der Waals surface area contributed by atoms with Gasteiger partial charge in [-0.2, -0.15) is 0 Å². The Hall–Kier alpha value is -0.420. The third kappa shape index (κ3) is 3.78. The van der Waals surface area contributed by atoms with Crippen LogP contribution in [0.2, 0.25) is 0 Å². The molecule has 2 fully saturated rings. The molecule has 2 saturated carbocycles. The largest absolute Gasteiger partial charge is 0.353 e. The zero-order valence-corrected chi connectivity index (χ0v) is 11.2. The monoisotopic (exact) mass is 258 g/mol. The maximum absolute atomic E-state index is 12.2. The van der Waals surface area contributed by atoms with E-state index in [0.29, 0.717) is 12.1 Å². The molecule has 0 heterocycles. The van der Waals surface area contributed by atoms with Crippen molar-refractivity contribution in [2.75, 3.05) is 12.8 Å². The van der Waals surface area contributed by atoms with Gasteiger partial charge in [0.2, 0.25) is 5.91 Å². The summed E-state index contributed by atoms with van der Waals surface area (Å²) >= 11 is 0. The van der Waals surface area contributed by atoms with Crippen LogP contribution in [-0.2, 0) is 15.6 Å². The maximum atomic E-state index is 12.2. The number of carbonyl (C=O) groups is 1. The minimum absolute atomic E-state index is 0.0359. The molecule has 3 unspecified atom stereocenters. The second kappa shape index (κ2) is 5.96. The molecule has 0 saturated heterocycles. The fourth-order valence-corrected chi connectivity index (χ4v) is 4.10. The normalized spacial score (nSPS) is 30.9. The van der Waals surface area contributed by atoms with E-state index < -0.39 is 10.8 Å². The molecule has 2 aliphatic rings. The van der Waals surface area contributed by atoms with Crippen LogP contribution < -0.4 is 10.6 Å². The number of hydrogen-bond donors (Lipinski definition) is 2. The van der Waals surface area contributed by atoms with Crippen molar-refractivity contribution < 1.29 is 9.00 Å². The second-order valence-corrected chi connectivity index (χ2v) is 6.74. The fourth-order valence-electron chi connectivity index (χ4n) is 2.47. The molecule has 2 rings (SSSR count). The molecule has 0 radical (unpaired) electrons. The van der Waals surface area contributed by atoms with Crippen LogP contribution in [0.5, 0.6) is 0 Å². The van der Waals surface area contributed by atoms with E-state index in [1.807, 2.05) is 7.05 Å². The van der Waals surface area contributed by atoms with Gasteiger partial charge < -0.3 is 10.6 Å². The maximum Gasteiger partial charge on any atom is 0.232 e. The van der Waals surface area contributed by atoms with E-state index in [2.05, 4.69) is 10.6 Å². The molecule has 0 spiro atoms. The summed E-state index contributed by atoms with van der Waals surface area (Å²) in [6, 6.07) is 0.685. The number of carbonyl (C=O) groups excluding carboxylic acids is 1.